The minimum Gasteiger partial charge on any atom is -0.370 e. The van der Waals surface area contributed by atoms with Crippen molar-refractivity contribution in [2.24, 2.45) is 11.5 Å². The monoisotopic (exact) mass is 326 g/mol. The Kier molecular flexibility index (Phi) is 7.14. The van der Waals surface area contributed by atoms with Crippen molar-refractivity contribution in [2.75, 3.05) is 29.9 Å². The number of amides is 2. The van der Waals surface area contributed by atoms with Gasteiger partial charge in [-0.3, -0.25) is 9.59 Å². The maximum absolute atomic E-state index is 11.9. The van der Waals surface area contributed by atoms with Crippen LogP contribution in [-0.4, -0.2) is 31.4 Å². The van der Waals surface area contributed by atoms with Crippen molar-refractivity contribution >= 4 is 35.6 Å². The first-order chi connectivity index (χ1) is 10.1. The number of carbonyl (C=O) groups is 2. The molecule has 1 heterocycles. The lowest BCUT2D eigenvalue weighted by Gasteiger charge is -2.22. The van der Waals surface area contributed by atoms with Gasteiger partial charge in [-0.1, -0.05) is 0 Å². The van der Waals surface area contributed by atoms with Gasteiger partial charge in [0, 0.05) is 25.1 Å². The molecule has 6 nitrogen and oxygen atoms in total. The highest BCUT2D eigenvalue weighted by molar-refractivity contribution is 5.99. The van der Waals surface area contributed by atoms with Gasteiger partial charge in [-0.05, 0) is 44.0 Å². The maximum atomic E-state index is 11.9. The second-order valence-corrected chi connectivity index (χ2v) is 5.23. The number of hydrogen-bond acceptors (Lipinski definition) is 4. The van der Waals surface area contributed by atoms with E-state index in [4.69, 9.17) is 11.5 Å². The average molecular weight is 327 g/mol. The van der Waals surface area contributed by atoms with Gasteiger partial charge in [0.15, 0.2) is 0 Å². The normalized spacial score (nSPS) is 13.6. The van der Waals surface area contributed by atoms with Crippen LogP contribution >= 0.6 is 12.4 Å². The molecular formula is C15H23ClN4O2. The molecule has 5 N–H and O–H groups in total. The predicted molar refractivity (Wildman–Crippen MR) is 90.6 cm³/mol. The Bertz CT molecular complexity index is 530. The molecule has 1 aromatic rings. The Labute approximate surface area is 136 Å². The summed E-state index contributed by atoms with van der Waals surface area (Å²) in [5.74, 6) is -0.594. The van der Waals surface area contributed by atoms with E-state index in [-0.39, 0.29) is 18.3 Å². The summed E-state index contributed by atoms with van der Waals surface area (Å²) < 4.78 is 0. The second-order valence-electron chi connectivity index (χ2n) is 5.23. The Hall–Kier alpha value is -1.79. The highest BCUT2D eigenvalue weighted by Crippen LogP contribution is 2.30. The van der Waals surface area contributed by atoms with Crippen LogP contribution in [0, 0.1) is 0 Å². The smallest absolute Gasteiger partial charge is 0.248 e. The molecule has 2 amide bonds. The Morgan fingerprint density at radius 1 is 1.23 bits per heavy atom. The third-order valence-electron chi connectivity index (χ3n) is 3.61. The van der Waals surface area contributed by atoms with Crippen molar-refractivity contribution in [1.82, 2.24) is 0 Å². The van der Waals surface area contributed by atoms with Crippen LogP contribution in [-0.2, 0) is 4.79 Å². The Morgan fingerprint density at radius 2 is 1.91 bits per heavy atom. The van der Waals surface area contributed by atoms with Gasteiger partial charge in [-0.15, -0.1) is 12.4 Å². The number of nitrogens with two attached hydrogens (primary N) is 2. The number of rotatable bonds is 6. The maximum Gasteiger partial charge on any atom is 0.248 e. The summed E-state index contributed by atoms with van der Waals surface area (Å²) in [7, 11) is 0. The third-order valence-corrected chi connectivity index (χ3v) is 3.61. The van der Waals surface area contributed by atoms with E-state index in [0.717, 1.165) is 31.6 Å². The molecule has 22 heavy (non-hydrogen) atoms. The van der Waals surface area contributed by atoms with E-state index in [2.05, 4.69) is 10.2 Å². The van der Waals surface area contributed by atoms with Crippen LogP contribution in [0.2, 0.25) is 0 Å². The van der Waals surface area contributed by atoms with Gasteiger partial charge in [0.05, 0.1) is 11.4 Å². The predicted octanol–water partition coefficient (Wildman–Crippen LogP) is 1.48. The molecule has 0 atom stereocenters. The molecule has 0 bridgehead atoms. The minimum atomic E-state index is -0.500. The Balaban J connectivity index is 0.00000242. The molecule has 0 saturated carbocycles. The van der Waals surface area contributed by atoms with Crippen LogP contribution in [0.3, 0.4) is 0 Å². The van der Waals surface area contributed by atoms with Crippen molar-refractivity contribution < 1.29 is 9.59 Å². The van der Waals surface area contributed by atoms with Gasteiger partial charge in [0.1, 0.15) is 0 Å². The standard InChI is InChI=1S/C15H22N4O2.ClH/c16-7-3-4-14(20)18-12-10-11(15(17)21)5-6-13(12)19-8-1-2-9-19;/h5-6,10H,1-4,7-9,16H2,(H2,17,21)(H,18,20);1H. The molecule has 1 aliphatic rings. The third kappa shape index (κ3) is 4.61. The van der Waals surface area contributed by atoms with E-state index in [1.807, 2.05) is 6.07 Å². The first-order valence-electron chi connectivity index (χ1n) is 7.30. The Morgan fingerprint density at radius 3 is 2.50 bits per heavy atom. The second kappa shape index (κ2) is 8.60. The molecule has 2 rings (SSSR count). The van der Waals surface area contributed by atoms with Crippen LogP contribution in [0.15, 0.2) is 18.2 Å². The molecule has 0 radical (unpaired) electrons. The number of carbonyl (C=O) groups excluding carboxylic acids is 2. The summed E-state index contributed by atoms with van der Waals surface area (Å²) in [5, 5.41) is 2.87. The van der Waals surface area contributed by atoms with Crippen LogP contribution in [0.4, 0.5) is 11.4 Å². The largest absolute Gasteiger partial charge is 0.370 e. The molecule has 0 aromatic heterocycles. The topological polar surface area (TPSA) is 101 Å². The summed E-state index contributed by atoms with van der Waals surface area (Å²) in [6.45, 7) is 2.40. The lowest BCUT2D eigenvalue weighted by atomic mass is 10.1. The van der Waals surface area contributed by atoms with Crippen molar-refractivity contribution in [3.8, 4) is 0 Å². The first-order valence-corrected chi connectivity index (χ1v) is 7.30. The van der Waals surface area contributed by atoms with Gasteiger partial charge in [-0.25, -0.2) is 0 Å². The summed E-state index contributed by atoms with van der Waals surface area (Å²) >= 11 is 0. The zero-order chi connectivity index (χ0) is 15.2. The molecule has 0 aliphatic carbocycles. The quantitative estimate of drug-likeness (QED) is 0.737. The zero-order valence-corrected chi connectivity index (χ0v) is 13.3. The summed E-state index contributed by atoms with van der Waals surface area (Å²) in [5.41, 5.74) is 12.7. The van der Waals surface area contributed by atoms with E-state index in [9.17, 15) is 9.59 Å². The van der Waals surface area contributed by atoms with Gasteiger partial charge in [0.25, 0.3) is 0 Å². The van der Waals surface area contributed by atoms with E-state index in [1.54, 1.807) is 12.1 Å². The number of nitrogens with zero attached hydrogens (tertiary/aromatic N) is 1. The lowest BCUT2D eigenvalue weighted by Crippen LogP contribution is -2.22. The van der Waals surface area contributed by atoms with Gasteiger partial charge in [0.2, 0.25) is 11.8 Å². The number of hydrogen-bond donors (Lipinski definition) is 3. The molecule has 1 aliphatic heterocycles. The molecule has 7 heteroatoms. The number of anilines is 2. The molecule has 122 valence electrons. The fourth-order valence-electron chi connectivity index (χ4n) is 2.50. The highest BCUT2D eigenvalue weighted by Gasteiger charge is 2.18. The number of nitrogens with one attached hydrogen (secondary N) is 1. The van der Waals surface area contributed by atoms with Gasteiger partial charge >= 0.3 is 0 Å². The van der Waals surface area contributed by atoms with Crippen molar-refractivity contribution in [2.45, 2.75) is 25.7 Å². The molecular weight excluding hydrogens is 304 g/mol. The van der Waals surface area contributed by atoms with E-state index in [1.165, 1.54) is 0 Å². The molecule has 1 aromatic carbocycles. The van der Waals surface area contributed by atoms with Crippen LogP contribution in [0.5, 0.6) is 0 Å². The minimum absolute atomic E-state index is 0. The molecule has 0 spiro atoms. The van der Waals surface area contributed by atoms with E-state index < -0.39 is 5.91 Å². The van der Waals surface area contributed by atoms with E-state index in [0.29, 0.717) is 30.6 Å². The lowest BCUT2D eigenvalue weighted by molar-refractivity contribution is -0.116. The summed E-state index contributed by atoms with van der Waals surface area (Å²) in [6, 6.07) is 5.20. The molecule has 0 unspecified atom stereocenters. The summed E-state index contributed by atoms with van der Waals surface area (Å²) in [6.07, 6.45) is 3.29. The highest BCUT2D eigenvalue weighted by atomic mass is 35.5. The number of benzene rings is 1. The van der Waals surface area contributed by atoms with Gasteiger partial charge in [-0.2, -0.15) is 0 Å². The fraction of sp³-hybridized carbons (Fsp3) is 0.467. The van der Waals surface area contributed by atoms with Crippen molar-refractivity contribution in [1.29, 1.82) is 0 Å². The average Bonchev–Trinajstić information content (AvgIpc) is 2.99. The van der Waals surface area contributed by atoms with Gasteiger partial charge < -0.3 is 21.7 Å². The van der Waals surface area contributed by atoms with Crippen LogP contribution < -0.4 is 21.7 Å². The number of primary amides is 1. The van der Waals surface area contributed by atoms with E-state index >= 15 is 0 Å². The number of halogens is 1. The van der Waals surface area contributed by atoms with Crippen molar-refractivity contribution in [3.63, 3.8) is 0 Å². The zero-order valence-electron chi connectivity index (χ0n) is 12.5. The fourth-order valence-corrected chi connectivity index (χ4v) is 2.50. The van der Waals surface area contributed by atoms with Crippen LogP contribution in [0.25, 0.3) is 0 Å². The van der Waals surface area contributed by atoms with Crippen molar-refractivity contribution in [3.05, 3.63) is 23.8 Å². The SMILES string of the molecule is Cl.NCCCC(=O)Nc1cc(C(N)=O)ccc1N1CCCC1. The molecule has 1 saturated heterocycles. The first kappa shape index (κ1) is 18.3. The molecule has 1 fully saturated rings. The van der Waals surface area contributed by atoms with Crippen LogP contribution in [0.1, 0.15) is 36.0 Å². The summed E-state index contributed by atoms with van der Waals surface area (Å²) in [4.78, 5) is 25.5.